The van der Waals surface area contributed by atoms with Gasteiger partial charge in [0.2, 0.25) is 5.91 Å². The highest BCUT2D eigenvalue weighted by Crippen LogP contribution is 2.21. The Morgan fingerprint density at radius 1 is 0.711 bits per heavy atom. The van der Waals surface area contributed by atoms with Crippen LogP contribution in [0.1, 0.15) is 85.6 Å². The van der Waals surface area contributed by atoms with E-state index >= 15 is 0 Å². The third-order valence-corrected chi connectivity index (χ3v) is 8.10. The number of amides is 3. The lowest BCUT2D eigenvalue weighted by molar-refractivity contribution is -0.125. The summed E-state index contributed by atoms with van der Waals surface area (Å²) in [4.78, 5) is 43.8. The van der Waals surface area contributed by atoms with Gasteiger partial charge in [-0.25, -0.2) is 0 Å². The van der Waals surface area contributed by atoms with E-state index in [-0.39, 0.29) is 12.3 Å². The molecule has 0 fully saturated rings. The van der Waals surface area contributed by atoms with E-state index in [0.717, 1.165) is 37.7 Å². The SMILES string of the molecule is CCCC(CCC)CC[C@@H](NC(=O)c1cccnc1)C(=O)N[C@@H](Cc1ccccc1)[C@@H](O)[C@H](O)[C@@H](C)NC(=O)c1ccccc1. The van der Waals surface area contributed by atoms with Gasteiger partial charge >= 0.3 is 0 Å². The predicted octanol–water partition coefficient (Wildman–Crippen LogP) is 4.44. The number of carbonyl (C=O) groups excluding carboxylic acids is 3. The van der Waals surface area contributed by atoms with E-state index in [4.69, 9.17) is 0 Å². The van der Waals surface area contributed by atoms with E-state index in [1.165, 1.54) is 6.20 Å². The summed E-state index contributed by atoms with van der Waals surface area (Å²) in [6, 6.07) is 18.6. The highest BCUT2D eigenvalue weighted by Gasteiger charge is 2.34. The molecule has 0 aliphatic carbocycles. The molecule has 0 unspecified atom stereocenters. The maximum absolute atomic E-state index is 13.9. The molecule has 3 aromatic rings. The lowest BCUT2D eigenvalue weighted by Gasteiger charge is -2.32. The molecule has 9 heteroatoms. The molecule has 0 radical (unpaired) electrons. The summed E-state index contributed by atoms with van der Waals surface area (Å²) in [7, 11) is 0. The van der Waals surface area contributed by atoms with E-state index in [9.17, 15) is 24.6 Å². The molecule has 1 heterocycles. The van der Waals surface area contributed by atoms with Gasteiger partial charge in [0.25, 0.3) is 11.8 Å². The largest absolute Gasteiger partial charge is 0.388 e. The zero-order chi connectivity index (χ0) is 32.6. The first kappa shape index (κ1) is 35.4. The van der Waals surface area contributed by atoms with Crippen molar-refractivity contribution in [2.45, 2.75) is 96.1 Å². The standard InChI is InChI=1S/C36H48N4O5/c1-4-13-26(14-5-2)20-21-30(39-35(44)29-19-12-22-37-24-29)36(45)40-31(23-27-15-8-6-9-16-27)33(42)32(41)25(3)38-34(43)28-17-10-7-11-18-28/h6-12,15-19,22,24-26,30-33,41-42H,4-5,13-14,20-21,23H2,1-3H3,(H,38,43)(H,39,44)(H,40,45)/t25-,30-,31+,32-,33-/m1/s1. The number of nitrogens with one attached hydrogen (secondary N) is 3. The molecule has 1 aromatic heterocycles. The van der Waals surface area contributed by atoms with Crippen LogP contribution in [0.4, 0.5) is 0 Å². The van der Waals surface area contributed by atoms with Crippen LogP contribution in [0.15, 0.2) is 85.2 Å². The van der Waals surface area contributed by atoms with Crippen LogP contribution in [0, 0.1) is 5.92 Å². The predicted molar refractivity (Wildman–Crippen MR) is 175 cm³/mol. The summed E-state index contributed by atoms with van der Waals surface area (Å²) < 4.78 is 0. The molecule has 0 aliphatic heterocycles. The van der Waals surface area contributed by atoms with Crippen LogP contribution in [-0.4, -0.2) is 63.3 Å². The number of carbonyl (C=O) groups is 3. The monoisotopic (exact) mass is 616 g/mol. The van der Waals surface area contributed by atoms with E-state index < -0.39 is 42.1 Å². The molecule has 45 heavy (non-hydrogen) atoms. The highest BCUT2D eigenvalue weighted by atomic mass is 16.3. The number of hydrogen-bond donors (Lipinski definition) is 5. The van der Waals surface area contributed by atoms with Crippen LogP contribution in [0.25, 0.3) is 0 Å². The van der Waals surface area contributed by atoms with Gasteiger partial charge in [-0.1, -0.05) is 88.1 Å². The Morgan fingerprint density at radius 2 is 1.31 bits per heavy atom. The number of hydrogen-bond acceptors (Lipinski definition) is 6. The number of pyridine rings is 1. The lowest BCUT2D eigenvalue weighted by atomic mass is 9.90. The quantitative estimate of drug-likeness (QED) is 0.143. The smallest absolute Gasteiger partial charge is 0.253 e. The summed E-state index contributed by atoms with van der Waals surface area (Å²) in [5, 5.41) is 31.2. The molecule has 9 nitrogen and oxygen atoms in total. The first-order valence-corrected chi connectivity index (χ1v) is 16.0. The maximum atomic E-state index is 13.9. The Kier molecular flexibility index (Phi) is 14.7. The van der Waals surface area contributed by atoms with Crippen molar-refractivity contribution in [2.75, 3.05) is 0 Å². The summed E-state index contributed by atoms with van der Waals surface area (Å²) in [6.07, 6.45) is 5.73. The number of nitrogens with zero attached hydrogens (tertiary/aromatic N) is 1. The number of rotatable bonds is 18. The molecular formula is C36H48N4O5. The van der Waals surface area contributed by atoms with E-state index in [1.54, 1.807) is 55.6 Å². The van der Waals surface area contributed by atoms with Gasteiger partial charge in [0.15, 0.2) is 0 Å². The van der Waals surface area contributed by atoms with E-state index in [2.05, 4.69) is 34.8 Å². The van der Waals surface area contributed by atoms with Crippen LogP contribution in [0.5, 0.6) is 0 Å². The average molecular weight is 617 g/mol. The van der Waals surface area contributed by atoms with Crippen molar-refractivity contribution in [1.29, 1.82) is 0 Å². The fourth-order valence-electron chi connectivity index (χ4n) is 5.57. The van der Waals surface area contributed by atoms with Crippen molar-refractivity contribution in [3.63, 3.8) is 0 Å². The zero-order valence-corrected chi connectivity index (χ0v) is 26.6. The molecule has 5 N–H and O–H groups in total. The maximum Gasteiger partial charge on any atom is 0.253 e. The molecule has 242 valence electrons. The number of aliphatic hydroxyl groups excluding tert-OH is 2. The molecule has 5 atom stereocenters. The lowest BCUT2D eigenvalue weighted by Crippen LogP contribution is -2.58. The van der Waals surface area contributed by atoms with Crippen LogP contribution in [0.3, 0.4) is 0 Å². The average Bonchev–Trinajstić information content (AvgIpc) is 3.06. The van der Waals surface area contributed by atoms with Gasteiger partial charge in [0, 0.05) is 18.0 Å². The van der Waals surface area contributed by atoms with Crippen molar-refractivity contribution >= 4 is 17.7 Å². The van der Waals surface area contributed by atoms with Crippen molar-refractivity contribution in [3.8, 4) is 0 Å². The summed E-state index contributed by atoms with van der Waals surface area (Å²) in [5.74, 6) is -0.826. The molecule has 3 amide bonds. The van der Waals surface area contributed by atoms with Gasteiger partial charge in [-0.05, 0) is 61.9 Å². The molecule has 3 rings (SSSR count). The minimum Gasteiger partial charge on any atom is -0.388 e. The third kappa shape index (κ3) is 11.4. The Balaban J connectivity index is 1.81. The van der Waals surface area contributed by atoms with Crippen LogP contribution in [0.2, 0.25) is 0 Å². The number of benzene rings is 2. The Bertz CT molecular complexity index is 1300. The first-order valence-electron chi connectivity index (χ1n) is 16.0. The van der Waals surface area contributed by atoms with Gasteiger partial charge < -0.3 is 26.2 Å². The summed E-state index contributed by atoms with van der Waals surface area (Å²) in [5.41, 5.74) is 1.61. The second kappa shape index (κ2) is 18.7. The van der Waals surface area contributed by atoms with Crippen LogP contribution < -0.4 is 16.0 Å². The Labute approximate surface area is 266 Å². The zero-order valence-electron chi connectivity index (χ0n) is 26.6. The van der Waals surface area contributed by atoms with Crippen LogP contribution >= 0.6 is 0 Å². The van der Waals surface area contributed by atoms with Gasteiger partial charge in [-0.2, -0.15) is 0 Å². The van der Waals surface area contributed by atoms with Gasteiger partial charge in [0.1, 0.15) is 18.2 Å². The van der Waals surface area contributed by atoms with Gasteiger partial charge in [-0.15, -0.1) is 0 Å². The molecule has 0 saturated heterocycles. The fraction of sp³-hybridized carbons (Fsp3) is 0.444. The summed E-state index contributed by atoms with van der Waals surface area (Å²) in [6.45, 7) is 5.89. The van der Waals surface area contributed by atoms with Crippen molar-refractivity contribution < 1.29 is 24.6 Å². The topological polar surface area (TPSA) is 141 Å². The van der Waals surface area contributed by atoms with Crippen molar-refractivity contribution in [1.82, 2.24) is 20.9 Å². The summed E-state index contributed by atoms with van der Waals surface area (Å²) >= 11 is 0. The molecule has 0 bridgehead atoms. The van der Waals surface area contributed by atoms with Crippen molar-refractivity contribution in [3.05, 3.63) is 102 Å². The normalized spacial score (nSPS) is 14.5. The van der Waals surface area contributed by atoms with E-state index in [0.29, 0.717) is 23.5 Å². The second-order valence-corrected chi connectivity index (χ2v) is 11.7. The molecule has 0 aliphatic rings. The van der Waals surface area contributed by atoms with Gasteiger partial charge in [-0.3, -0.25) is 19.4 Å². The minimum absolute atomic E-state index is 0.224. The van der Waals surface area contributed by atoms with Crippen LogP contribution in [-0.2, 0) is 11.2 Å². The number of aromatic nitrogens is 1. The molecular weight excluding hydrogens is 568 g/mol. The molecule has 2 aromatic carbocycles. The molecule has 0 spiro atoms. The number of aliphatic hydroxyl groups is 2. The van der Waals surface area contributed by atoms with Crippen molar-refractivity contribution in [2.24, 2.45) is 5.92 Å². The van der Waals surface area contributed by atoms with E-state index in [1.807, 2.05) is 30.3 Å². The second-order valence-electron chi connectivity index (χ2n) is 11.7. The Morgan fingerprint density at radius 3 is 1.91 bits per heavy atom. The highest BCUT2D eigenvalue weighted by molar-refractivity contribution is 5.97. The third-order valence-electron chi connectivity index (χ3n) is 8.10. The molecule has 0 saturated carbocycles. The fourth-order valence-corrected chi connectivity index (χ4v) is 5.57. The first-order chi connectivity index (χ1) is 21.7. The minimum atomic E-state index is -1.43. The Hall–Kier alpha value is -4.08. The van der Waals surface area contributed by atoms with Gasteiger partial charge in [0.05, 0.1) is 17.6 Å².